The van der Waals surface area contributed by atoms with Crippen LogP contribution in [0.1, 0.15) is 34.6 Å². The lowest BCUT2D eigenvalue weighted by atomic mass is 10.1. The van der Waals surface area contributed by atoms with Crippen molar-refractivity contribution in [1.82, 2.24) is 10.2 Å². The Kier molecular flexibility index (Phi) is 7.14. The molecule has 0 aromatic rings. The second-order valence-corrected chi connectivity index (χ2v) is 6.09. The summed E-state index contributed by atoms with van der Waals surface area (Å²) in [5.41, 5.74) is -0.412. The first kappa shape index (κ1) is 20.5. The van der Waals surface area contributed by atoms with Crippen LogP contribution in [0.5, 0.6) is 0 Å². The lowest BCUT2D eigenvalue weighted by Crippen LogP contribution is -2.57. The Morgan fingerprint density at radius 2 is 1.68 bits per heavy atom. The fraction of sp³-hybridized carbons (Fsp3) is 0.846. The minimum absolute atomic E-state index is 0.205. The molecule has 1 heterocycles. The summed E-state index contributed by atoms with van der Waals surface area (Å²) in [4.78, 5) is 22.5. The average molecular weight is 328 g/mol. The molecule has 0 aromatic carbocycles. The van der Waals surface area contributed by atoms with Crippen LogP contribution in [0.4, 0.5) is 18.0 Å². The fourth-order valence-corrected chi connectivity index (χ4v) is 1.60. The van der Waals surface area contributed by atoms with Crippen LogP contribution in [0.15, 0.2) is 0 Å². The Morgan fingerprint density at radius 1 is 1.23 bits per heavy atom. The van der Waals surface area contributed by atoms with Crippen LogP contribution in [0.2, 0.25) is 0 Å². The summed E-state index contributed by atoms with van der Waals surface area (Å²) in [6.45, 7) is 11.3. The van der Waals surface area contributed by atoms with Crippen molar-refractivity contribution in [3.63, 3.8) is 0 Å². The standard InChI is InChI=1S/C11H22N2O2.C2HF3O2/c1-8-7-13(9(2)6-12-8)10(14)15-11(3,4)5;3-2(4,5)1(6)7/h8-9,12H,6-7H2,1-5H3;(H,6,7)/t8-,9+;/m0./s1. The zero-order chi connectivity index (χ0) is 17.7. The van der Waals surface area contributed by atoms with Crippen molar-refractivity contribution >= 4 is 12.1 Å². The lowest BCUT2D eigenvalue weighted by molar-refractivity contribution is -0.192. The fourth-order valence-electron chi connectivity index (χ4n) is 1.60. The number of carboxylic acid groups (broad SMARTS) is 1. The van der Waals surface area contributed by atoms with E-state index >= 15 is 0 Å². The number of rotatable bonds is 0. The Bertz CT molecular complexity index is 394. The van der Waals surface area contributed by atoms with Gasteiger partial charge in [0.2, 0.25) is 0 Å². The van der Waals surface area contributed by atoms with E-state index in [1.54, 1.807) is 4.90 Å². The maximum atomic E-state index is 11.8. The minimum Gasteiger partial charge on any atom is -0.475 e. The molecule has 2 N–H and O–H groups in total. The molecule has 9 heteroatoms. The summed E-state index contributed by atoms with van der Waals surface area (Å²) < 4.78 is 37.1. The molecule has 1 amide bonds. The second-order valence-electron chi connectivity index (χ2n) is 6.09. The third-order valence-electron chi connectivity index (χ3n) is 2.63. The maximum Gasteiger partial charge on any atom is 0.490 e. The van der Waals surface area contributed by atoms with Crippen molar-refractivity contribution < 1.29 is 32.6 Å². The van der Waals surface area contributed by atoms with Gasteiger partial charge in [-0.3, -0.25) is 0 Å². The summed E-state index contributed by atoms with van der Waals surface area (Å²) in [5, 5.41) is 10.5. The first-order valence-electron chi connectivity index (χ1n) is 6.77. The molecule has 0 radical (unpaired) electrons. The van der Waals surface area contributed by atoms with Gasteiger partial charge in [-0.05, 0) is 34.6 Å². The predicted molar refractivity (Wildman–Crippen MR) is 73.6 cm³/mol. The summed E-state index contributed by atoms with van der Waals surface area (Å²) in [6.07, 6.45) is -5.29. The maximum absolute atomic E-state index is 11.8. The van der Waals surface area contributed by atoms with Crippen molar-refractivity contribution in [3.05, 3.63) is 0 Å². The molecule has 0 bridgehead atoms. The van der Waals surface area contributed by atoms with Crippen LogP contribution in [0, 0.1) is 0 Å². The van der Waals surface area contributed by atoms with E-state index in [-0.39, 0.29) is 12.1 Å². The van der Waals surface area contributed by atoms with E-state index in [2.05, 4.69) is 12.2 Å². The van der Waals surface area contributed by atoms with Gasteiger partial charge >= 0.3 is 18.2 Å². The highest BCUT2D eigenvalue weighted by Crippen LogP contribution is 2.14. The third kappa shape index (κ3) is 8.06. The number of nitrogens with one attached hydrogen (secondary N) is 1. The molecule has 0 spiro atoms. The number of hydrogen-bond acceptors (Lipinski definition) is 4. The van der Waals surface area contributed by atoms with E-state index in [0.29, 0.717) is 6.04 Å². The van der Waals surface area contributed by atoms with Gasteiger partial charge in [-0.15, -0.1) is 0 Å². The lowest BCUT2D eigenvalue weighted by Gasteiger charge is -2.38. The molecule has 1 fully saturated rings. The highest BCUT2D eigenvalue weighted by molar-refractivity contribution is 5.73. The molecule has 6 nitrogen and oxygen atoms in total. The van der Waals surface area contributed by atoms with E-state index < -0.39 is 17.7 Å². The van der Waals surface area contributed by atoms with Crippen LogP contribution in [0.3, 0.4) is 0 Å². The van der Waals surface area contributed by atoms with Crippen molar-refractivity contribution in [2.24, 2.45) is 0 Å². The molecule has 2 atom stereocenters. The highest BCUT2D eigenvalue weighted by Gasteiger charge is 2.38. The van der Waals surface area contributed by atoms with Gasteiger partial charge in [-0.1, -0.05) is 0 Å². The monoisotopic (exact) mass is 328 g/mol. The Labute approximate surface area is 127 Å². The second kappa shape index (κ2) is 7.66. The molecular weight excluding hydrogens is 305 g/mol. The molecule has 0 aliphatic carbocycles. The van der Waals surface area contributed by atoms with Gasteiger partial charge in [0.1, 0.15) is 5.60 Å². The van der Waals surface area contributed by atoms with Gasteiger partial charge < -0.3 is 20.1 Å². The summed E-state index contributed by atoms with van der Waals surface area (Å²) >= 11 is 0. The Hall–Kier alpha value is -1.51. The molecule has 130 valence electrons. The first-order chi connectivity index (χ1) is 9.74. The quantitative estimate of drug-likeness (QED) is 0.713. The van der Waals surface area contributed by atoms with Crippen molar-refractivity contribution in [2.75, 3.05) is 13.1 Å². The van der Waals surface area contributed by atoms with Gasteiger partial charge in [-0.2, -0.15) is 13.2 Å². The molecule has 1 saturated heterocycles. The van der Waals surface area contributed by atoms with Crippen LogP contribution < -0.4 is 5.32 Å². The van der Waals surface area contributed by atoms with E-state index in [1.165, 1.54) is 0 Å². The van der Waals surface area contributed by atoms with Gasteiger partial charge in [0.05, 0.1) is 0 Å². The van der Waals surface area contributed by atoms with Crippen molar-refractivity contribution in [1.29, 1.82) is 0 Å². The number of carbonyl (C=O) groups is 2. The first-order valence-corrected chi connectivity index (χ1v) is 6.77. The van der Waals surface area contributed by atoms with E-state index in [1.807, 2.05) is 27.7 Å². The molecule has 1 rings (SSSR count). The van der Waals surface area contributed by atoms with Crippen LogP contribution in [0.25, 0.3) is 0 Å². The Balaban J connectivity index is 0.000000534. The average Bonchev–Trinajstić information content (AvgIpc) is 2.29. The summed E-state index contributed by atoms with van der Waals surface area (Å²) in [5.74, 6) is -2.76. The minimum atomic E-state index is -5.08. The van der Waals surface area contributed by atoms with Crippen LogP contribution >= 0.6 is 0 Å². The van der Waals surface area contributed by atoms with E-state index in [4.69, 9.17) is 14.6 Å². The number of amides is 1. The van der Waals surface area contributed by atoms with Crippen molar-refractivity contribution in [3.8, 4) is 0 Å². The molecule has 0 aromatic heterocycles. The van der Waals surface area contributed by atoms with E-state index in [9.17, 15) is 18.0 Å². The number of carboxylic acids is 1. The molecule has 22 heavy (non-hydrogen) atoms. The number of nitrogens with zero attached hydrogens (tertiary/aromatic N) is 1. The Morgan fingerprint density at radius 3 is 2.05 bits per heavy atom. The third-order valence-corrected chi connectivity index (χ3v) is 2.63. The number of piperazine rings is 1. The predicted octanol–water partition coefficient (Wildman–Crippen LogP) is 2.24. The molecule has 1 aliphatic heterocycles. The molecule has 0 unspecified atom stereocenters. The zero-order valence-electron chi connectivity index (χ0n) is 13.3. The van der Waals surface area contributed by atoms with Gasteiger partial charge in [0, 0.05) is 25.2 Å². The zero-order valence-corrected chi connectivity index (χ0v) is 13.3. The number of alkyl halides is 3. The summed E-state index contributed by atoms with van der Waals surface area (Å²) in [7, 11) is 0. The molecule has 1 aliphatic rings. The largest absolute Gasteiger partial charge is 0.490 e. The molecule has 0 saturated carbocycles. The number of carbonyl (C=O) groups excluding carboxylic acids is 1. The number of hydrogen-bond donors (Lipinski definition) is 2. The SMILES string of the molecule is C[C@@H]1CN[C@@H](C)CN1C(=O)OC(C)(C)C.O=C(O)C(F)(F)F. The van der Waals surface area contributed by atoms with Crippen molar-refractivity contribution in [2.45, 2.75) is 58.5 Å². The van der Waals surface area contributed by atoms with Gasteiger partial charge in [0.15, 0.2) is 0 Å². The van der Waals surface area contributed by atoms with Gasteiger partial charge in [-0.25, -0.2) is 9.59 Å². The number of ether oxygens (including phenoxy) is 1. The smallest absolute Gasteiger partial charge is 0.475 e. The van der Waals surface area contributed by atoms with Gasteiger partial charge in [0.25, 0.3) is 0 Å². The number of halogens is 3. The highest BCUT2D eigenvalue weighted by atomic mass is 19.4. The summed E-state index contributed by atoms with van der Waals surface area (Å²) in [6, 6.07) is 0.546. The number of aliphatic carboxylic acids is 1. The van der Waals surface area contributed by atoms with Crippen LogP contribution in [-0.2, 0) is 9.53 Å². The molecular formula is C13H23F3N2O4. The normalized spacial score (nSPS) is 22.5. The topological polar surface area (TPSA) is 78.9 Å². The van der Waals surface area contributed by atoms with Crippen LogP contribution in [-0.4, -0.2) is 59.0 Å². The van der Waals surface area contributed by atoms with E-state index in [0.717, 1.165) is 13.1 Å².